The summed E-state index contributed by atoms with van der Waals surface area (Å²) in [5.74, 6) is 4.19. The SMILES string of the molecule is C#Cc1cnc2cc(OCC)c(OCC)cc2c1Cc1cccc(Br)c1. The van der Waals surface area contributed by atoms with Gasteiger partial charge < -0.3 is 9.47 Å². The number of rotatable bonds is 6. The van der Waals surface area contributed by atoms with Gasteiger partial charge in [-0.1, -0.05) is 34.0 Å². The van der Waals surface area contributed by atoms with E-state index in [4.69, 9.17) is 15.9 Å². The molecule has 3 aromatic rings. The zero-order valence-electron chi connectivity index (χ0n) is 14.9. The van der Waals surface area contributed by atoms with Gasteiger partial charge in [0.05, 0.1) is 18.7 Å². The predicted molar refractivity (Wildman–Crippen MR) is 109 cm³/mol. The van der Waals surface area contributed by atoms with Gasteiger partial charge in [-0.2, -0.15) is 0 Å². The summed E-state index contributed by atoms with van der Waals surface area (Å²) >= 11 is 3.53. The lowest BCUT2D eigenvalue weighted by Crippen LogP contribution is -2.01. The zero-order chi connectivity index (χ0) is 18.5. The Labute approximate surface area is 162 Å². The van der Waals surface area contributed by atoms with Gasteiger partial charge in [-0.25, -0.2) is 0 Å². The highest BCUT2D eigenvalue weighted by atomic mass is 79.9. The summed E-state index contributed by atoms with van der Waals surface area (Å²) in [5, 5.41) is 0.993. The van der Waals surface area contributed by atoms with Crippen LogP contribution in [-0.4, -0.2) is 18.2 Å². The smallest absolute Gasteiger partial charge is 0.163 e. The van der Waals surface area contributed by atoms with Crippen molar-refractivity contribution in [2.24, 2.45) is 0 Å². The van der Waals surface area contributed by atoms with Gasteiger partial charge in [0.25, 0.3) is 0 Å². The standard InChI is InChI=1S/C22H20BrNO2/c1-4-16-14-24-20-13-22(26-6-3)21(25-5-2)12-19(20)18(16)11-15-8-7-9-17(23)10-15/h1,7-10,12-14H,5-6,11H2,2-3H3. The van der Waals surface area contributed by atoms with E-state index in [9.17, 15) is 0 Å². The van der Waals surface area contributed by atoms with Crippen LogP contribution in [0.15, 0.2) is 47.1 Å². The number of benzene rings is 2. The molecule has 0 N–H and O–H groups in total. The monoisotopic (exact) mass is 409 g/mol. The normalized spacial score (nSPS) is 10.5. The number of fused-ring (bicyclic) bond motifs is 1. The first-order valence-electron chi connectivity index (χ1n) is 8.58. The molecule has 0 radical (unpaired) electrons. The van der Waals surface area contributed by atoms with Crippen molar-refractivity contribution in [3.8, 4) is 23.8 Å². The third-order valence-electron chi connectivity index (χ3n) is 4.07. The number of ether oxygens (including phenoxy) is 2. The molecule has 0 saturated carbocycles. The predicted octanol–water partition coefficient (Wildman–Crippen LogP) is 5.37. The molecule has 132 valence electrons. The average molecular weight is 410 g/mol. The minimum atomic E-state index is 0.564. The summed E-state index contributed by atoms with van der Waals surface area (Å²) in [6.07, 6.45) is 8.22. The molecule has 0 aliphatic carbocycles. The summed E-state index contributed by atoms with van der Waals surface area (Å²) in [4.78, 5) is 4.53. The molecule has 0 fully saturated rings. The van der Waals surface area contributed by atoms with Crippen molar-refractivity contribution in [1.29, 1.82) is 0 Å². The molecule has 0 aliphatic heterocycles. The maximum Gasteiger partial charge on any atom is 0.163 e. The lowest BCUT2D eigenvalue weighted by Gasteiger charge is -2.15. The fraction of sp³-hybridized carbons (Fsp3) is 0.227. The highest BCUT2D eigenvalue weighted by Crippen LogP contribution is 2.35. The van der Waals surface area contributed by atoms with E-state index in [0.717, 1.165) is 32.9 Å². The van der Waals surface area contributed by atoms with E-state index in [2.05, 4.69) is 39.0 Å². The highest BCUT2D eigenvalue weighted by Gasteiger charge is 2.14. The molecule has 3 nitrogen and oxygen atoms in total. The quantitative estimate of drug-likeness (QED) is 0.513. The summed E-state index contributed by atoms with van der Waals surface area (Å²) in [5.41, 5.74) is 3.89. The second-order valence-corrected chi connectivity index (χ2v) is 6.70. The molecule has 0 spiro atoms. The molecule has 0 aliphatic rings. The second kappa shape index (κ2) is 8.25. The zero-order valence-corrected chi connectivity index (χ0v) is 16.5. The third kappa shape index (κ3) is 3.84. The molecular weight excluding hydrogens is 390 g/mol. The number of terminal acetylenes is 1. The Bertz CT molecular complexity index is 976. The molecule has 0 amide bonds. The van der Waals surface area contributed by atoms with Crippen LogP contribution in [0, 0.1) is 12.3 Å². The molecule has 1 heterocycles. The molecule has 4 heteroatoms. The van der Waals surface area contributed by atoms with Crippen LogP contribution in [0.1, 0.15) is 30.5 Å². The summed E-state index contributed by atoms with van der Waals surface area (Å²) in [7, 11) is 0. The van der Waals surface area contributed by atoms with Gasteiger partial charge >= 0.3 is 0 Å². The van der Waals surface area contributed by atoms with Crippen molar-refractivity contribution in [3.63, 3.8) is 0 Å². The second-order valence-electron chi connectivity index (χ2n) is 5.78. The highest BCUT2D eigenvalue weighted by molar-refractivity contribution is 9.10. The van der Waals surface area contributed by atoms with Crippen molar-refractivity contribution in [3.05, 3.63) is 63.8 Å². The fourth-order valence-electron chi connectivity index (χ4n) is 2.96. The summed E-state index contributed by atoms with van der Waals surface area (Å²) in [6.45, 7) is 5.04. The van der Waals surface area contributed by atoms with Crippen molar-refractivity contribution in [2.75, 3.05) is 13.2 Å². The van der Waals surface area contributed by atoms with Gasteiger partial charge in [-0.15, -0.1) is 6.42 Å². The van der Waals surface area contributed by atoms with Crippen LogP contribution in [0.4, 0.5) is 0 Å². The van der Waals surface area contributed by atoms with Crippen molar-refractivity contribution >= 4 is 26.8 Å². The molecule has 3 rings (SSSR count). The minimum Gasteiger partial charge on any atom is -0.490 e. The Morgan fingerprint density at radius 1 is 1.08 bits per heavy atom. The topological polar surface area (TPSA) is 31.4 Å². The first kappa shape index (κ1) is 18.3. The van der Waals surface area contributed by atoms with E-state index in [-0.39, 0.29) is 0 Å². The number of aromatic nitrogens is 1. The van der Waals surface area contributed by atoms with Gasteiger partial charge in [0.2, 0.25) is 0 Å². The molecular formula is C22H20BrNO2. The molecule has 1 aromatic heterocycles. The number of halogens is 1. The van der Waals surface area contributed by atoms with Gasteiger partial charge in [0.15, 0.2) is 11.5 Å². The van der Waals surface area contributed by atoms with Gasteiger partial charge in [0.1, 0.15) is 0 Å². The Kier molecular flexibility index (Phi) is 5.80. The average Bonchev–Trinajstić information content (AvgIpc) is 2.63. The van der Waals surface area contributed by atoms with E-state index in [1.165, 1.54) is 5.56 Å². The van der Waals surface area contributed by atoms with E-state index in [1.807, 2.05) is 38.1 Å². The Balaban J connectivity index is 2.18. The van der Waals surface area contributed by atoms with Crippen LogP contribution in [0.2, 0.25) is 0 Å². The van der Waals surface area contributed by atoms with Crippen LogP contribution >= 0.6 is 15.9 Å². The molecule has 0 bridgehead atoms. The van der Waals surface area contributed by atoms with E-state index in [1.54, 1.807) is 6.20 Å². The maximum absolute atomic E-state index is 5.78. The molecule has 26 heavy (non-hydrogen) atoms. The van der Waals surface area contributed by atoms with Gasteiger partial charge in [-0.05, 0) is 49.6 Å². The number of nitrogens with zero attached hydrogens (tertiary/aromatic N) is 1. The number of hydrogen-bond donors (Lipinski definition) is 0. The van der Waals surface area contributed by atoms with Crippen molar-refractivity contribution < 1.29 is 9.47 Å². The minimum absolute atomic E-state index is 0.564. The van der Waals surface area contributed by atoms with Crippen molar-refractivity contribution in [2.45, 2.75) is 20.3 Å². The lowest BCUT2D eigenvalue weighted by molar-refractivity contribution is 0.288. The molecule has 2 aromatic carbocycles. The first-order valence-corrected chi connectivity index (χ1v) is 9.37. The Morgan fingerprint density at radius 3 is 2.46 bits per heavy atom. The third-order valence-corrected chi connectivity index (χ3v) is 4.56. The van der Waals surface area contributed by atoms with Gasteiger partial charge in [-0.3, -0.25) is 4.98 Å². The Morgan fingerprint density at radius 2 is 1.81 bits per heavy atom. The van der Waals surface area contributed by atoms with E-state index in [0.29, 0.717) is 24.7 Å². The summed E-state index contributed by atoms with van der Waals surface area (Å²) < 4.78 is 12.5. The molecule has 0 saturated heterocycles. The number of pyridine rings is 1. The largest absolute Gasteiger partial charge is 0.490 e. The fourth-order valence-corrected chi connectivity index (χ4v) is 3.40. The van der Waals surface area contributed by atoms with Crippen LogP contribution in [0.25, 0.3) is 10.9 Å². The van der Waals surface area contributed by atoms with Crippen LogP contribution in [0.5, 0.6) is 11.5 Å². The maximum atomic E-state index is 5.78. The van der Waals surface area contributed by atoms with E-state index < -0.39 is 0 Å². The van der Waals surface area contributed by atoms with Crippen LogP contribution < -0.4 is 9.47 Å². The first-order chi connectivity index (χ1) is 12.7. The number of hydrogen-bond acceptors (Lipinski definition) is 3. The van der Waals surface area contributed by atoms with Crippen LogP contribution in [0.3, 0.4) is 0 Å². The van der Waals surface area contributed by atoms with Gasteiger partial charge in [0, 0.05) is 27.7 Å². The Hall–Kier alpha value is -2.51. The van der Waals surface area contributed by atoms with Crippen molar-refractivity contribution in [1.82, 2.24) is 4.98 Å². The summed E-state index contributed by atoms with van der Waals surface area (Å²) in [6, 6.07) is 12.1. The lowest BCUT2D eigenvalue weighted by atomic mass is 9.96. The van der Waals surface area contributed by atoms with Crippen LogP contribution in [-0.2, 0) is 6.42 Å². The van der Waals surface area contributed by atoms with E-state index >= 15 is 0 Å². The molecule has 0 unspecified atom stereocenters. The molecule has 0 atom stereocenters.